The van der Waals surface area contributed by atoms with E-state index in [4.69, 9.17) is 9.47 Å². The van der Waals surface area contributed by atoms with Crippen molar-refractivity contribution in [1.29, 1.82) is 0 Å². The van der Waals surface area contributed by atoms with Crippen molar-refractivity contribution in [3.05, 3.63) is 65.5 Å². The largest absolute Gasteiger partial charge is 0.507 e. The van der Waals surface area contributed by atoms with Crippen molar-refractivity contribution in [2.24, 2.45) is 0 Å². The van der Waals surface area contributed by atoms with Crippen molar-refractivity contribution in [2.75, 3.05) is 19.8 Å². The number of hydrogen-bond donors (Lipinski definition) is 1. The summed E-state index contributed by atoms with van der Waals surface area (Å²) in [6.45, 7) is 7.02. The first kappa shape index (κ1) is 22.5. The van der Waals surface area contributed by atoms with E-state index in [9.17, 15) is 14.7 Å². The first-order valence-corrected chi connectivity index (χ1v) is 10.5. The lowest BCUT2D eigenvalue weighted by Crippen LogP contribution is -2.31. The normalized spacial score (nSPS) is 18.1. The van der Waals surface area contributed by atoms with Crippen LogP contribution in [0.2, 0.25) is 0 Å². The van der Waals surface area contributed by atoms with Crippen LogP contribution in [0.1, 0.15) is 44.4 Å². The van der Waals surface area contributed by atoms with Gasteiger partial charge in [0.2, 0.25) is 0 Å². The average molecular weight is 424 g/mol. The number of carbonyl (C=O) groups excluding carboxylic acids is 2. The quantitative estimate of drug-likeness (QED) is 0.286. The molecule has 164 valence electrons. The SMILES string of the molecule is CCOc1cccc(/C(O)=C2/C(=O)C(=O)N(CCCOC(C)C)C2c2cccnc2)c1. The van der Waals surface area contributed by atoms with Crippen LogP contribution in [0.4, 0.5) is 0 Å². The molecule has 1 fully saturated rings. The summed E-state index contributed by atoms with van der Waals surface area (Å²) < 4.78 is 11.1. The Kier molecular flexibility index (Phi) is 7.41. The molecule has 0 spiro atoms. The molecule has 0 bridgehead atoms. The maximum absolute atomic E-state index is 13.0. The molecule has 0 saturated carbocycles. The number of aliphatic hydroxyl groups is 1. The minimum absolute atomic E-state index is 0.0522. The van der Waals surface area contributed by atoms with E-state index in [-0.39, 0.29) is 17.4 Å². The summed E-state index contributed by atoms with van der Waals surface area (Å²) in [7, 11) is 0. The summed E-state index contributed by atoms with van der Waals surface area (Å²) >= 11 is 0. The van der Waals surface area contributed by atoms with E-state index in [1.807, 2.05) is 20.8 Å². The lowest BCUT2D eigenvalue weighted by atomic mass is 9.96. The number of rotatable bonds is 9. The van der Waals surface area contributed by atoms with Crippen molar-refractivity contribution in [1.82, 2.24) is 9.88 Å². The van der Waals surface area contributed by atoms with E-state index >= 15 is 0 Å². The van der Waals surface area contributed by atoms with Gasteiger partial charge in [-0.2, -0.15) is 0 Å². The first-order valence-electron chi connectivity index (χ1n) is 10.5. The van der Waals surface area contributed by atoms with E-state index in [1.54, 1.807) is 48.8 Å². The number of hydrogen-bond acceptors (Lipinski definition) is 6. The summed E-state index contributed by atoms with van der Waals surface area (Å²) in [5.41, 5.74) is 1.13. The molecule has 1 unspecified atom stereocenters. The molecule has 1 N–H and O–H groups in total. The van der Waals surface area contributed by atoms with Crippen molar-refractivity contribution >= 4 is 17.4 Å². The van der Waals surface area contributed by atoms with Crippen LogP contribution in [0.15, 0.2) is 54.4 Å². The molecule has 1 saturated heterocycles. The number of ketones is 1. The summed E-state index contributed by atoms with van der Waals surface area (Å²) in [6.07, 6.45) is 3.89. The predicted molar refractivity (Wildman–Crippen MR) is 117 cm³/mol. The highest BCUT2D eigenvalue weighted by Crippen LogP contribution is 2.39. The van der Waals surface area contributed by atoms with Gasteiger partial charge in [-0.1, -0.05) is 18.2 Å². The van der Waals surface area contributed by atoms with Gasteiger partial charge in [0, 0.05) is 31.1 Å². The minimum Gasteiger partial charge on any atom is -0.507 e. The molecule has 0 aliphatic carbocycles. The summed E-state index contributed by atoms with van der Waals surface area (Å²) in [5.74, 6) is -1.00. The van der Waals surface area contributed by atoms with Gasteiger partial charge in [-0.05, 0) is 51.0 Å². The van der Waals surface area contributed by atoms with E-state index in [0.717, 1.165) is 0 Å². The van der Waals surface area contributed by atoms with Crippen molar-refractivity contribution in [3.8, 4) is 5.75 Å². The Hall–Kier alpha value is -3.19. The summed E-state index contributed by atoms with van der Waals surface area (Å²) in [4.78, 5) is 31.5. The topological polar surface area (TPSA) is 89.0 Å². The Morgan fingerprint density at radius 1 is 1.23 bits per heavy atom. The first-order chi connectivity index (χ1) is 14.9. The molecule has 2 heterocycles. The third-order valence-corrected chi connectivity index (χ3v) is 4.95. The van der Waals surface area contributed by atoms with Gasteiger partial charge < -0.3 is 19.5 Å². The molecule has 31 heavy (non-hydrogen) atoms. The van der Waals surface area contributed by atoms with Gasteiger partial charge in [0.05, 0.1) is 24.3 Å². The number of ether oxygens (including phenoxy) is 2. The number of nitrogens with zero attached hydrogens (tertiary/aromatic N) is 2. The number of Topliss-reactive ketones (excluding diaryl/α,β-unsaturated/α-hetero) is 1. The lowest BCUT2D eigenvalue weighted by molar-refractivity contribution is -0.140. The molecule has 1 atom stereocenters. The van der Waals surface area contributed by atoms with E-state index in [2.05, 4.69) is 4.98 Å². The molecule has 1 aromatic carbocycles. The maximum Gasteiger partial charge on any atom is 0.295 e. The van der Waals surface area contributed by atoms with Crippen LogP contribution in [0, 0.1) is 0 Å². The van der Waals surface area contributed by atoms with Crippen LogP contribution in [-0.2, 0) is 14.3 Å². The molecule has 7 nitrogen and oxygen atoms in total. The van der Waals surface area contributed by atoms with Crippen molar-refractivity contribution in [2.45, 2.75) is 39.3 Å². The number of aromatic nitrogens is 1. The average Bonchev–Trinajstić information content (AvgIpc) is 3.02. The van der Waals surface area contributed by atoms with Gasteiger partial charge in [0.25, 0.3) is 11.7 Å². The van der Waals surface area contributed by atoms with Crippen molar-refractivity contribution < 1.29 is 24.2 Å². The fourth-order valence-electron chi connectivity index (χ4n) is 3.60. The molecular weight excluding hydrogens is 396 g/mol. The van der Waals surface area contributed by atoms with Gasteiger partial charge in [0.15, 0.2) is 0 Å². The summed E-state index contributed by atoms with van der Waals surface area (Å²) in [5, 5.41) is 11.1. The fraction of sp³-hybridized carbons (Fsp3) is 0.375. The third-order valence-electron chi connectivity index (χ3n) is 4.95. The van der Waals surface area contributed by atoms with Crippen LogP contribution in [0.5, 0.6) is 5.75 Å². The van der Waals surface area contributed by atoms with Crippen LogP contribution in [0.25, 0.3) is 5.76 Å². The highest BCUT2D eigenvalue weighted by atomic mass is 16.5. The van der Waals surface area contributed by atoms with E-state index in [0.29, 0.717) is 43.1 Å². The van der Waals surface area contributed by atoms with Gasteiger partial charge in [-0.15, -0.1) is 0 Å². The Bertz CT molecular complexity index is 955. The van der Waals surface area contributed by atoms with Gasteiger partial charge in [-0.3, -0.25) is 14.6 Å². The Morgan fingerprint density at radius 2 is 2.03 bits per heavy atom. The molecule has 1 aliphatic heterocycles. The zero-order chi connectivity index (χ0) is 22.4. The molecule has 3 rings (SSSR count). The summed E-state index contributed by atoms with van der Waals surface area (Å²) in [6, 6.07) is 9.66. The van der Waals surface area contributed by atoms with Crippen molar-refractivity contribution in [3.63, 3.8) is 0 Å². The lowest BCUT2D eigenvalue weighted by Gasteiger charge is -2.25. The van der Waals surface area contributed by atoms with Crippen LogP contribution in [-0.4, -0.2) is 52.5 Å². The van der Waals surface area contributed by atoms with Gasteiger partial charge >= 0.3 is 0 Å². The molecule has 1 aromatic heterocycles. The highest BCUT2D eigenvalue weighted by Gasteiger charge is 2.45. The number of benzene rings is 1. The standard InChI is InChI=1S/C24H28N2O5/c1-4-30-19-10-5-8-17(14-19)22(27)20-21(18-9-6-11-25-15-18)26(24(29)23(20)28)12-7-13-31-16(2)3/h5-6,8-11,14-16,21,27H,4,7,12-13H2,1-3H3/b22-20-. The smallest absolute Gasteiger partial charge is 0.295 e. The number of carbonyl (C=O) groups is 2. The second-order valence-corrected chi connectivity index (χ2v) is 7.51. The zero-order valence-electron chi connectivity index (χ0n) is 18.1. The molecule has 1 aliphatic rings. The molecule has 0 radical (unpaired) electrons. The number of amides is 1. The maximum atomic E-state index is 13.0. The fourth-order valence-corrected chi connectivity index (χ4v) is 3.60. The van der Waals surface area contributed by atoms with Gasteiger partial charge in [-0.25, -0.2) is 0 Å². The minimum atomic E-state index is -0.719. The molecular formula is C24H28N2O5. The Balaban J connectivity index is 2.00. The number of likely N-dealkylation sites (tertiary alicyclic amines) is 1. The van der Waals surface area contributed by atoms with Crippen LogP contribution >= 0.6 is 0 Å². The Labute approximate surface area is 182 Å². The highest BCUT2D eigenvalue weighted by molar-refractivity contribution is 6.46. The number of aliphatic hydroxyl groups excluding tert-OH is 1. The van der Waals surface area contributed by atoms with E-state index in [1.165, 1.54) is 4.90 Å². The Morgan fingerprint density at radius 3 is 2.71 bits per heavy atom. The predicted octanol–water partition coefficient (Wildman–Crippen LogP) is 3.72. The monoisotopic (exact) mass is 424 g/mol. The third kappa shape index (κ3) is 5.11. The molecule has 1 amide bonds. The van der Waals surface area contributed by atoms with Gasteiger partial charge in [0.1, 0.15) is 11.5 Å². The second kappa shape index (κ2) is 10.2. The zero-order valence-corrected chi connectivity index (χ0v) is 18.1. The number of pyridine rings is 1. The van der Waals surface area contributed by atoms with Crippen LogP contribution in [0.3, 0.4) is 0 Å². The van der Waals surface area contributed by atoms with Crippen LogP contribution < -0.4 is 4.74 Å². The molecule has 2 aromatic rings. The van der Waals surface area contributed by atoms with E-state index < -0.39 is 17.7 Å². The molecule has 7 heteroatoms. The second-order valence-electron chi connectivity index (χ2n) is 7.51.